The first-order chi connectivity index (χ1) is 13.3. The van der Waals surface area contributed by atoms with Crippen molar-refractivity contribution >= 4 is 11.8 Å². The van der Waals surface area contributed by atoms with Gasteiger partial charge >= 0.3 is 0 Å². The molecule has 6 heteroatoms. The number of nitrogens with zero attached hydrogens (tertiary/aromatic N) is 2. The van der Waals surface area contributed by atoms with Crippen LogP contribution in [0.2, 0.25) is 0 Å². The van der Waals surface area contributed by atoms with E-state index in [4.69, 9.17) is 4.74 Å². The lowest BCUT2D eigenvalue weighted by Gasteiger charge is -2.54. The van der Waals surface area contributed by atoms with Crippen LogP contribution in [0.5, 0.6) is 0 Å². The molecule has 0 bridgehead atoms. The van der Waals surface area contributed by atoms with Gasteiger partial charge in [-0.1, -0.05) is 29.8 Å². The summed E-state index contributed by atoms with van der Waals surface area (Å²) < 4.78 is 8.20. The smallest absolute Gasteiger partial charge is 0.270 e. The number of carbonyl (C=O) groups is 2. The maximum absolute atomic E-state index is 12.8. The SMILES string of the molecule is CC(=O)NC1(C2(OCc3cccc(C)c3)CC2)CN(C(=O)c2cccn2C)C1. The van der Waals surface area contributed by atoms with E-state index in [0.29, 0.717) is 25.4 Å². The summed E-state index contributed by atoms with van der Waals surface area (Å²) >= 11 is 0. The standard InChI is InChI=1S/C22H27N3O3/c1-16-6-4-7-18(12-16)13-28-22(9-10-22)21(23-17(2)26)14-25(15-21)20(27)19-8-5-11-24(19)3/h4-8,11-12H,9-10,13-15H2,1-3H3,(H,23,26). The number of aryl methyl sites for hydroxylation is 2. The third-order valence-electron chi connectivity index (χ3n) is 5.96. The summed E-state index contributed by atoms with van der Waals surface area (Å²) in [6, 6.07) is 12.0. The largest absolute Gasteiger partial charge is 0.368 e. The fourth-order valence-electron chi connectivity index (χ4n) is 4.31. The van der Waals surface area contributed by atoms with Crippen LogP contribution < -0.4 is 5.32 Å². The number of likely N-dealkylation sites (tertiary alicyclic amines) is 1. The summed E-state index contributed by atoms with van der Waals surface area (Å²) in [5, 5.41) is 3.12. The number of nitrogens with one attached hydrogen (secondary N) is 1. The summed E-state index contributed by atoms with van der Waals surface area (Å²) in [5.41, 5.74) is 2.07. The molecule has 2 aromatic rings. The average molecular weight is 381 g/mol. The minimum Gasteiger partial charge on any atom is -0.368 e. The van der Waals surface area contributed by atoms with Crippen molar-refractivity contribution in [2.75, 3.05) is 13.1 Å². The molecule has 2 aliphatic rings. The van der Waals surface area contributed by atoms with Gasteiger partial charge in [-0.25, -0.2) is 0 Å². The zero-order valence-electron chi connectivity index (χ0n) is 16.7. The fraction of sp³-hybridized carbons (Fsp3) is 0.455. The summed E-state index contributed by atoms with van der Waals surface area (Å²) in [6.45, 7) is 5.05. The molecule has 0 radical (unpaired) electrons. The molecule has 148 valence electrons. The van der Waals surface area contributed by atoms with Crippen molar-refractivity contribution in [2.45, 2.75) is 44.4 Å². The number of benzene rings is 1. The second kappa shape index (κ2) is 6.78. The van der Waals surface area contributed by atoms with E-state index < -0.39 is 11.1 Å². The summed E-state index contributed by atoms with van der Waals surface area (Å²) in [7, 11) is 1.86. The van der Waals surface area contributed by atoms with Crippen LogP contribution in [0.3, 0.4) is 0 Å². The van der Waals surface area contributed by atoms with E-state index in [2.05, 4.69) is 30.4 Å². The third kappa shape index (κ3) is 3.22. The minimum atomic E-state index is -0.510. The molecule has 4 rings (SSSR count). The van der Waals surface area contributed by atoms with Gasteiger partial charge in [0.25, 0.3) is 5.91 Å². The predicted octanol–water partition coefficient (Wildman–Crippen LogP) is 2.41. The molecule has 1 saturated heterocycles. The van der Waals surface area contributed by atoms with Crippen molar-refractivity contribution in [3.63, 3.8) is 0 Å². The lowest BCUT2D eigenvalue weighted by atomic mass is 9.81. The highest BCUT2D eigenvalue weighted by atomic mass is 16.5. The number of aromatic nitrogens is 1. The molecule has 1 aromatic carbocycles. The molecule has 2 heterocycles. The lowest BCUT2D eigenvalue weighted by Crippen LogP contribution is -2.77. The van der Waals surface area contributed by atoms with E-state index in [1.165, 1.54) is 12.5 Å². The number of carbonyl (C=O) groups excluding carboxylic acids is 2. The van der Waals surface area contributed by atoms with Crippen LogP contribution in [0, 0.1) is 6.92 Å². The number of hydrogen-bond acceptors (Lipinski definition) is 3. The van der Waals surface area contributed by atoms with Gasteiger partial charge in [-0.3, -0.25) is 9.59 Å². The molecule has 0 atom stereocenters. The van der Waals surface area contributed by atoms with Gasteiger partial charge in [0.2, 0.25) is 5.91 Å². The monoisotopic (exact) mass is 381 g/mol. The number of amides is 2. The molecule has 2 amide bonds. The van der Waals surface area contributed by atoms with Crippen molar-refractivity contribution in [1.29, 1.82) is 0 Å². The summed E-state index contributed by atoms with van der Waals surface area (Å²) in [5.74, 6) is -0.0978. The van der Waals surface area contributed by atoms with Crippen molar-refractivity contribution < 1.29 is 14.3 Å². The van der Waals surface area contributed by atoms with Crippen LogP contribution in [-0.2, 0) is 23.2 Å². The lowest BCUT2D eigenvalue weighted by molar-refractivity contribution is -0.135. The van der Waals surface area contributed by atoms with Crippen LogP contribution in [0.4, 0.5) is 0 Å². The Balaban J connectivity index is 1.48. The highest BCUT2D eigenvalue weighted by Crippen LogP contribution is 2.52. The van der Waals surface area contributed by atoms with Crippen molar-refractivity contribution in [1.82, 2.24) is 14.8 Å². The van der Waals surface area contributed by atoms with E-state index >= 15 is 0 Å². The zero-order chi connectivity index (χ0) is 19.9. The Kier molecular flexibility index (Phi) is 4.54. The quantitative estimate of drug-likeness (QED) is 0.836. The van der Waals surface area contributed by atoms with E-state index in [-0.39, 0.29) is 11.8 Å². The van der Waals surface area contributed by atoms with E-state index in [9.17, 15) is 9.59 Å². The van der Waals surface area contributed by atoms with Gasteiger partial charge in [0.15, 0.2) is 0 Å². The minimum absolute atomic E-state index is 0.0111. The molecule has 0 spiro atoms. The van der Waals surface area contributed by atoms with Crippen LogP contribution in [0.25, 0.3) is 0 Å². The second-order valence-corrected chi connectivity index (χ2v) is 8.20. The van der Waals surface area contributed by atoms with Crippen LogP contribution in [0.1, 0.15) is 41.4 Å². The van der Waals surface area contributed by atoms with Crippen molar-refractivity contribution in [2.24, 2.45) is 7.05 Å². The van der Waals surface area contributed by atoms with Gasteiger partial charge in [0.1, 0.15) is 11.2 Å². The normalized spacial score (nSPS) is 19.0. The molecular formula is C22H27N3O3. The Morgan fingerprint density at radius 1 is 1.18 bits per heavy atom. The molecule has 6 nitrogen and oxygen atoms in total. The van der Waals surface area contributed by atoms with Crippen LogP contribution in [-0.4, -0.2) is 45.5 Å². The third-order valence-corrected chi connectivity index (χ3v) is 5.96. The fourth-order valence-corrected chi connectivity index (χ4v) is 4.31. The zero-order valence-corrected chi connectivity index (χ0v) is 16.7. The van der Waals surface area contributed by atoms with E-state index in [0.717, 1.165) is 18.4 Å². The van der Waals surface area contributed by atoms with Gasteiger partial charge in [-0.05, 0) is 37.5 Å². The van der Waals surface area contributed by atoms with Gasteiger partial charge < -0.3 is 19.5 Å². The number of rotatable bonds is 6. The average Bonchev–Trinajstić information content (AvgIpc) is 3.29. The number of ether oxygens (including phenoxy) is 1. The Hall–Kier alpha value is -2.60. The van der Waals surface area contributed by atoms with Gasteiger partial charge in [-0.2, -0.15) is 0 Å². The first kappa shape index (κ1) is 18.7. The Bertz CT molecular complexity index is 907. The highest BCUT2D eigenvalue weighted by Gasteiger charge is 2.67. The van der Waals surface area contributed by atoms with Gasteiger partial charge in [0.05, 0.1) is 12.2 Å². The maximum Gasteiger partial charge on any atom is 0.270 e. The molecule has 0 unspecified atom stereocenters. The molecular weight excluding hydrogens is 354 g/mol. The summed E-state index contributed by atoms with van der Waals surface area (Å²) in [4.78, 5) is 26.5. The second-order valence-electron chi connectivity index (χ2n) is 8.20. The van der Waals surface area contributed by atoms with E-state index in [1.807, 2.05) is 36.0 Å². The first-order valence-corrected chi connectivity index (χ1v) is 9.73. The van der Waals surface area contributed by atoms with Gasteiger partial charge in [0, 0.05) is 33.3 Å². The van der Waals surface area contributed by atoms with Crippen molar-refractivity contribution in [3.8, 4) is 0 Å². The molecule has 1 saturated carbocycles. The summed E-state index contributed by atoms with van der Waals surface area (Å²) in [6.07, 6.45) is 3.65. The van der Waals surface area contributed by atoms with Crippen LogP contribution in [0.15, 0.2) is 42.6 Å². The molecule has 1 aromatic heterocycles. The van der Waals surface area contributed by atoms with Gasteiger partial charge in [-0.15, -0.1) is 0 Å². The molecule has 2 fully saturated rings. The Morgan fingerprint density at radius 3 is 2.50 bits per heavy atom. The van der Waals surface area contributed by atoms with Crippen LogP contribution >= 0.6 is 0 Å². The Labute approximate surface area is 165 Å². The highest BCUT2D eigenvalue weighted by molar-refractivity contribution is 5.94. The van der Waals surface area contributed by atoms with Crippen molar-refractivity contribution in [3.05, 3.63) is 59.4 Å². The number of hydrogen-bond donors (Lipinski definition) is 1. The molecule has 1 aliphatic heterocycles. The first-order valence-electron chi connectivity index (χ1n) is 9.73. The van der Waals surface area contributed by atoms with E-state index in [1.54, 1.807) is 4.90 Å². The molecule has 1 N–H and O–H groups in total. The predicted molar refractivity (Wildman–Crippen MR) is 106 cm³/mol. The maximum atomic E-state index is 12.8. The molecule has 1 aliphatic carbocycles. The topological polar surface area (TPSA) is 63.6 Å². The Morgan fingerprint density at radius 2 is 1.93 bits per heavy atom. The molecule has 28 heavy (non-hydrogen) atoms.